The lowest BCUT2D eigenvalue weighted by atomic mass is 10.1. The van der Waals surface area contributed by atoms with Crippen LogP contribution in [0.15, 0.2) is 23.8 Å². The Morgan fingerprint density at radius 3 is 2.82 bits per heavy atom. The fourth-order valence-corrected chi connectivity index (χ4v) is 2.24. The van der Waals surface area contributed by atoms with Crippen LogP contribution in [0.2, 0.25) is 0 Å². The fourth-order valence-electron chi connectivity index (χ4n) is 2.24. The van der Waals surface area contributed by atoms with E-state index in [2.05, 4.69) is 42.3 Å². The van der Waals surface area contributed by atoms with Gasteiger partial charge in [0.1, 0.15) is 5.82 Å². The van der Waals surface area contributed by atoms with Gasteiger partial charge in [-0.15, -0.1) is 0 Å². The molecule has 2 rings (SSSR count). The SMILES string of the molecule is CNCc1ccc(N2CCC=C(C)C2)nc1C. The van der Waals surface area contributed by atoms with Crippen molar-refractivity contribution in [1.82, 2.24) is 10.3 Å². The van der Waals surface area contributed by atoms with Crippen LogP contribution in [0, 0.1) is 6.92 Å². The molecule has 1 aliphatic heterocycles. The van der Waals surface area contributed by atoms with Gasteiger partial charge in [-0.3, -0.25) is 0 Å². The van der Waals surface area contributed by atoms with Crippen molar-refractivity contribution in [3.63, 3.8) is 0 Å². The molecule has 0 bridgehead atoms. The van der Waals surface area contributed by atoms with Crippen molar-refractivity contribution in [2.24, 2.45) is 0 Å². The molecule has 92 valence electrons. The van der Waals surface area contributed by atoms with Gasteiger partial charge in [0.25, 0.3) is 0 Å². The second-order valence-corrected chi connectivity index (χ2v) is 4.71. The molecule has 0 fully saturated rings. The molecule has 0 radical (unpaired) electrons. The number of hydrogen-bond acceptors (Lipinski definition) is 3. The average molecular weight is 231 g/mol. The van der Waals surface area contributed by atoms with Crippen LogP contribution in [0.5, 0.6) is 0 Å². The molecule has 0 saturated carbocycles. The smallest absolute Gasteiger partial charge is 0.129 e. The number of anilines is 1. The third kappa shape index (κ3) is 2.86. The van der Waals surface area contributed by atoms with Gasteiger partial charge in [-0.2, -0.15) is 0 Å². The van der Waals surface area contributed by atoms with Crippen LogP contribution in [0.3, 0.4) is 0 Å². The maximum absolute atomic E-state index is 4.71. The van der Waals surface area contributed by atoms with Crippen molar-refractivity contribution in [3.8, 4) is 0 Å². The van der Waals surface area contributed by atoms with Gasteiger partial charge in [-0.25, -0.2) is 4.98 Å². The Morgan fingerprint density at radius 2 is 2.18 bits per heavy atom. The van der Waals surface area contributed by atoms with Gasteiger partial charge in [0, 0.05) is 25.3 Å². The number of aryl methyl sites for hydroxylation is 1. The number of hydrogen-bond donors (Lipinski definition) is 1. The third-order valence-electron chi connectivity index (χ3n) is 3.20. The molecule has 0 amide bonds. The first-order valence-corrected chi connectivity index (χ1v) is 6.22. The summed E-state index contributed by atoms with van der Waals surface area (Å²) in [7, 11) is 1.96. The lowest BCUT2D eigenvalue weighted by Crippen LogP contribution is -2.30. The van der Waals surface area contributed by atoms with E-state index < -0.39 is 0 Å². The molecule has 0 saturated heterocycles. The highest BCUT2D eigenvalue weighted by molar-refractivity contribution is 5.44. The Balaban J connectivity index is 2.17. The van der Waals surface area contributed by atoms with Gasteiger partial charge in [0.15, 0.2) is 0 Å². The van der Waals surface area contributed by atoms with E-state index >= 15 is 0 Å². The number of nitrogens with one attached hydrogen (secondary N) is 1. The fraction of sp³-hybridized carbons (Fsp3) is 0.500. The molecule has 0 unspecified atom stereocenters. The largest absolute Gasteiger partial charge is 0.352 e. The summed E-state index contributed by atoms with van der Waals surface area (Å²) in [5, 5.41) is 3.17. The van der Waals surface area contributed by atoms with E-state index in [-0.39, 0.29) is 0 Å². The zero-order valence-corrected chi connectivity index (χ0v) is 11.0. The normalized spacial score (nSPS) is 15.9. The molecule has 0 aliphatic carbocycles. The number of nitrogens with zero attached hydrogens (tertiary/aromatic N) is 2. The summed E-state index contributed by atoms with van der Waals surface area (Å²) < 4.78 is 0. The van der Waals surface area contributed by atoms with Crippen LogP contribution in [0.1, 0.15) is 24.6 Å². The second-order valence-electron chi connectivity index (χ2n) is 4.71. The van der Waals surface area contributed by atoms with E-state index in [1.54, 1.807) is 0 Å². The molecule has 1 aliphatic rings. The predicted octanol–water partition coefficient (Wildman–Crippen LogP) is 2.27. The van der Waals surface area contributed by atoms with Gasteiger partial charge < -0.3 is 10.2 Å². The molecule has 0 aromatic carbocycles. The lowest BCUT2D eigenvalue weighted by molar-refractivity contribution is 0.767. The first kappa shape index (κ1) is 12.1. The minimum absolute atomic E-state index is 0.887. The zero-order chi connectivity index (χ0) is 12.3. The van der Waals surface area contributed by atoms with Crippen molar-refractivity contribution >= 4 is 5.82 Å². The summed E-state index contributed by atoms with van der Waals surface area (Å²) in [6.07, 6.45) is 3.45. The first-order chi connectivity index (χ1) is 8.20. The van der Waals surface area contributed by atoms with Gasteiger partial charge in [0.2, 0.25) is 0 Å². The Morgan fingerprint density at radius 1 is 1.35 bits per heavy atom. The molecular formula is C14H21N3. The molecule has 0 atom stereocenters. The second kappa shape index (κ2) is 5.32. The van der Waals surface area contributed by atoms with Crippen molar-refractivity contribution in [3.05, 3.63) is 35.0 Å². The quantitative estimate of drug-likeness (QED) is 0.809. The molecule has 1 N–H and O–H groups in total. The van der Waals surface area contributed by atoms with Crippen LogP contribution in [0.4, 0.5) is 5.82 Å². The molecule has 1 aromatic heterocycles. The Labute approximate surface area is 104 Å². The summed E-state index contributed by atoms with van der Waals surface area (Å²) in [4.78, 5) is 7.06. The molecule has 1 aromatic rings. The van der Waals surface area contributed by atoms with E-state index in [1.807, 2.05) is 7.05 Å². The Bertz CT molecular complexity index is 423. The average Bonchev–Trinajstić information content (AvgIpc) is 2.32. The van der Waals surface area contributed by atoms with Crippen molar-refractivity contribution in [2.75, 3.05) is 25.0 Å². The van der Waals surface area contributed by atoms with Gasteiger partial charge in [0.05, 0.1) is 0 Å². The zero-order valence-electron chi connectivity index (χ0n) is 11.0. The minimum Gasteiger partial charge on any atom is -0.352 e. The van der Waals surface area contributed by atoms with Crippen LogP contribution < -0.4 is 10.2 Å². The third-order valence-corrected chi connectivity index (χ3v) is 3.20. The van der Waals surface area contributed by atoms with Crippen molar-refractivity contribution in [1.29, 1.82) is 0 Å². The summed E-state index contributed by atoms with van der Waals surface area (Å²) in [5.41, 5.74) is 3.85. The van der Waals surface area contributed by atoms with E-state index in [0.29, 0.717) is 0 Å². The van der Waals surface area contributed by atoms with E-state index in [9.17, 15) is 0 Å². The summed E-state index contributed by atoms with van der Waals surface area (Å²) >= 11 is 0. The Kier molecular flexibility index (Phi) is 3.79. The van der Waals surface area contributed by atoms with Crippen LogP contribution >= 0.6 is 0 Å². The van der Waals surface area contributed by atoms with E-state index in [4.69, 9.17) is 4.98 Å². The molecule has 2 heterocycles. The number of rotatable bonds is 3. The van der Waals surface area contributed by atoms with Crippen LogP contribution in [-0.4, -0.2) is 25.1 Å². The van der Waals surface area contributed by atoms with Gasteiger partial charge >= 0.3 is 0 Å². The predicted molar refractivity (Wildman–Crippen MR) is 72.3 cm³/mol. The maximum atomic E-state index is 4.71. The topological polar surface area (TPSA) is 28.2 Å². The number of pyridine rings is 1. The van der Waals surface area contributed by atoms with Crippen molar-refractivity contribution < 1.29 is 0 Å². The summed E-state index contributed by atoms with van der Waals surface area (Å²) in [5.74, 6) is 1.11. The first-order valence-electron chi connectivity index (χ1n) is 6.22. The van der Waals surface area contributed by atoms with Crippen LogP contribution in [0.25, 0.3) is 0 Å². The van der Waals surface area contributed by atoms with Gasteiger partial charge in [-0.1, -0.05) is 17.7 Å². The highest BCUT2D eigenvalue weighted by Crippen LogP contribution is 2.19. The minimum atomic E-state index is 0.887. The van der Waals surface area contributed by atoms with E-state index in [0.717, 1.165) is 37.6 Å². The highest BCUT2D eigenvalue weighted by Gasteiger charge is 2.12. The lowest BCUT2D eigenvalue weighted by Gasteiger charge is -2.27. The summed E-state index contributed by atoms with van der Waals surface area (Å²) in [6.45, 7) is 7.25. The molecule has 3 heteroatoms. The molecular weight excluding hydrogens is 210 g/mol. The monoisotopic (exact) mass is 231 g/mol. The standard InChI is InChI=1S/C14H21N3/c1-11-5-4-8-17(10-11)14-7-6-13(9-15-3)12(2)16-14/h5-7,15H,4,8-10H2,1-3H3. The van der Waals surface area contributed by atoms with E-state index in [1.165, 1.54) is 11.1 Å². The number of aromatic nitrogens is 1. The molecule has 3 nitrogen and oxygen atoms in total. The maximum Gasteiger partial charge on any atom is 0.129 e. The van der Waals surface area contributed by atoms with Crippen molar-refractivity contribution in [2.45, 2.75) is 26.8 Å². The Hall–Kier alpha value is -1.35. The summed E-state index contributed by atoms with van der Waals surface area (Å²) in [6, 6.07) is 4.32. The van der Waals surface area contributed by atoms with Gasteiger partial charge in [-0.05, 0) is 38.9 Å². The molecule has 17 heavy (non-hydrogen) atoms. The molecule has 0 spiro atoms. The van der Waals surface area contributed by atoms with Crippen LogP contribution in [-0.2, 0) is 6.54 Å². The highest BCUT2D eigenvalue weighted by atomic mass is 15.2.